The van der Waals surface area contributed by atoms with Gasteiger partial charge in [0.1, 0.15) is 16.5 Å². The first-order valence-corrected chi connectivity index (χ1v) is 11.6. The Balaban J connectivity index is 1.57. The van der Waals surface area contributed by atoms with Crippen LogP contribution in [0.15, 0.2) is 53.6 Å². The molecule has 2 aromatic carbocycles. The fraction of sp³-hybridized carbons (Fsp3) is 0.320. The molecule has 33 heavy (non-hydrogen) atoms. The van der Waals surface area contributed by atoms with E-state index in [4.69, 9.17) is 24.2 Å². The fourth-order valence-corrected chi connectivity index (χ4v) is 4.38. The van der Waals surface area contributed by atoms with Crippen LogP contribution in [0.25, 0.3) is 11.4 Å². The van der Waals surface area contributed by atoms with Crippen LogP contribution >= 0.6 is 11.8 Å². The SMILES string of the molecule is COc1ccc(NC(=O)CSc2nc(-c3cccc(OC)c3)nc3c2COC(C)(C)C3)cc1. The predicted molar refractivity (Wildman–Crippen MR) is 129 cm³/mol. The smallest absolute Gasteiger partial charge is 0.234 e. The van der Waals surface area contributed by atoms with Gasteiger partial charge in [-0.3, -0.25) is 4.79 Å². The zero-order valence-electron chi connectivity index (χ0n) is 19.2. The molecule has 0 aliphatic carbocycles. The lowest BCUT2D eigenvalue weighted by Gasteiger charge is -2.32. The minimum atomic E-state index is -0.305. The van der Waals surface area contributed by atoms with Crippen molar-refractivity contribution >= 4 is 23.4 Å². The van der Waals surface area contributed by atoms with E-state index in [-0.39, 0.29) is 17.3 Å². The van der Waals surface area contributed by atoms with Crippen LogP contribution < -0.4 is 14.8 Å². The van der Waals surface area contributed by atoms with E-state index in [2.05, 4.69) is 19.2 Å². The van der Waals surface area contributed by atoms with Crippen LogP contribution in [0, 0.1) is 0 Å². The third-order valence-electron chi connectivity index (χ3n) is 5.30. The van der Waals surface area contributed by atoms with Gasteiger partial charge in [0, 0.05) is 23.2 Å². The van der Waals surface area contributed by atoms with Crippen LogP contribution in [-0.2, 0) is 22.6 Å². The molecule has 0 saturated heterocycles. The number of nitrogens with zero attached hydrogens (tertiary/aromatic N) is 2. The lowest BCUT2D eigenvalue weighted by Crippen LogP contribution is -2.33. The van der Waals surface area contributed by atoms with Crippen molar-refractivity contribution < 1.29 is 19.0 Å². The Morgan fingerprint density at radius 3 is 2.58 bits per heavy atom. The highest BCUT2D eigenvalue weighted by Gasteiger charge is 2.30. The molecule has 7 nitrogen and oxygen atoms in total. The van der Waals surface area contributed by atoms with E-state index in [9.17, 15) is 4.79 Å². The van der Waals surface area contributed by atoms with Gasteiger partial charge in [-0.2, -0.15) is 0 Å². The fourth-order valence-electron chi connectivity index (χ4n) is 3.54. The summed E-state index contributed by atoms with van der Waals surface area (Å²) in [7, 11) is 3.24. The molecule has 172 valence electrons. The van der Waals surface area contributed by atoms with Crippen molar-refractivity contribution in [2.24, 2.45) is 0 Å². The second-order valence-electron chi connectivity index (χ2n) is 8.30. The summed E-state index contributed by atoms with van der Waals surface area (Å²) in [6.07, 6.45) is 0.674. The number of amides is 1. The highest BCUT2D eigenvalue weighted by atomic mass is 32.2. The number of ether oxygens (including phenoxy) is 3. The normalized spacial score (nSPS) is 14.3. The molecular weight excluding hydrogens is 438 g/mol. The molecule has 1 aromatic heterocycles. The van der Waals surface area contributed by atoms with Crippen LogP contribution in [-0.4, -0.2) is 41.4 Å². The molecule has 2 heterocycles. The van der Waals surface area contributed by atoms with E-state index < -0.39 is 0 Å². The monoisotopic (exact) mass is 465 g/mol. The number of carbonyl (C=O) groups excluding carboxylic acids is 1. The van der Waals surface area contributed by atoms with Crippen molar-refractivity contribution in [3.63, 3.8) is 0 Å². The van der Waals surface area contributed by atoms with E-state index in [1.165, 1.54) is 11.8 Å². The van der Waals surface area contributed by atoms with Crippen molar-refractivity contribution in [3.05, 3.63) is 59.8 Å². The van der Waals surface area contributed by atoms with Crippen LogP contribution in [0.1, 0.15) is 25.1 Å². The molecule has 0 unspecified atom stereocenters. The van der Waals surface area contributed by atoms with Gasteiger partial charge in [-0.25, -0.2) is 9.97 Å². The highest BCUT2D eigenvalue weighted by molar-refractivity contribution is 8.00. The summed E-state index contributed by atoms with van der Waals surface area (Å²) in [6.45, 7) is 4.53. The molecule has 0 bridgehead atoms. The van der Waals surface area contributed by atoms with E-state index >= 15 is 0 Å². The topological polar surface area (TPSA) is 82.6 Å². The first-order valence-electron chi connectivity index (χ1n) is 10.6. The minimum absolute atomic E-state index is 0.113. The predicted octanol–water partition coefficient (Wildman–Crippen LogP) is 4.74. The number of carbonyl (C=O) groups is 1. The van der Waals surface area contributed by atoms with Gasteiger partial charge < -0.3 is 19.5 Å². The number of rotatable bonds is 7. The summed E-state index contributed by atoms with van der Waals surface area (Å²) in [5.41, 5.74) is 3.18. The standard InChI is InChI=1S/C25H27N3O4S/c1-25(2)13-21-20(14-32-25)24(28-23(27-21)16-6-5-7-19(12-16)31-4)33-15-22(29)26-17-8-10-18(30-3)11-9-17/h5-12H,13-15H2,1-4H3,(H,26,29). The van der Waals surface area contributed by atoms with Gasteiger partial charge in [-0.05, 0) is 50.2 Å². The Morgan fingerprint density at radius 1 is 1.09 bits per heavy atom. The molecule has 4 rings (SSSR count). The number of benzene rings is 2. The zero-order chi connectivity index (χ0) is 23.4. The van der Waals surface area contributed by atoms with Crippen LogP contribution in [0.5, 0.6) is 11.5 Å². The Hall–Kier alpha value is -3.10. The van der Waals surface area contributed by atoms with E-state index in [1.54, 1.807) is 14.2 Å². The van der Waals surface area contributed by atoms with Crippen LogP contribution in [0.2, 0.25) is 0 Å². The number of hydrogen-bond donors (Lipinski definition) is 1. The summed E-state index contributed by atoms with van der Waals surface area (Å²) in [5, 5.41) is 3.67. The maximum absolute atomic E-state index is 12.6. The quantitative estimate of drug-likeness (QED) is 0.398. The molecule has 3 aromatic rings. The highest BCUT2D eigenvalue weighted by Crippen LogP contribution is 2.34. The molecule has 1 amide bonds. The summed E-state index contributed by atoms with van der Waals surface area (Å²) in [6, 6.07) is 14.9. The number of fused-ring (bicyclic) bond motifs is 1. The molecule has 0 radical (unpaired) electrons. The molecule has 1 aliphatic heterocycles. The van der Waals surface area contributed by atoms with Crippen molar-refractivity contribution in [1.29, 1.82) is 0 Å². The Bertz CT molecular complexity index is 1150. The molecule has 0 fully saturated rings. The number of aromatic nitrogens is 2. The first-order chi connectivity index (χ1) is 15.9. The van der Waals surface area contributed by atoms with E-state index in [0.717, 1.165) is 33.3 Å². The lowest BCUT2D eigenvalue weighted by atomic mass is 9.96. The number of anilines is 1. The van der Waals surface area contributed by atoms with Gasteiger partial charge in [-0.1, -0.05) is 23.9 Å². The Morgan fingerprint density at radius 2 is 1.85 bits per heavy atom. The first kappa shape index (κ1) is 23.1. The van der Waals surface area contributed by atoms with E-state index in [1.807, 2.05) is 48.5 Å². The van der Waals surface area contributed by atoms with Gasteiger partial charge in [0.2, 0.25) is 5.91 Å². The maximum atomic E-state index is 12.6. The van der Waals surface area contributed by atoms with Crippen molar-refractivity contribution in [1.82, 2.24) is 9.97 Å². The zero-order valence-corrected chi connectivity index (χ0v) is 20.0. The van der Waals surface area contributed by atoms with Gasteiger partial charge in [-0.15, -0.1) is 0 Å². The van der Waals surface area contributed by atoms with Gasteiger partial charge in [0.05, 0.1) is 37.9 Å². The summed E-state index contributed by atoms with van der Waals surface area (Å²) < 4.78 is 16.5. The molecule has 1 aliphatic rings. The summed E-state index contributed by atoms with van der Waals surface area (Å²) >= 11 is 1.39. The third-order valence-corrected chi connectivity index (χ3v) is 6.31. The number of hydrogen-bond acceptors (Lipinski definition) is 7. The van der Waals surface area contributed by atoms with Crippen LogP contribution in [0.4, 0.5) is 5.69 Å². The average molecular weight is 466 g/mol. The lowest BCUT2D eigenvalue weighted by molar-refractivity contribution is -0.113. The second kappa shape index (κ2) is 9.80. The number of methoxy groups -OCH3 is 2. The van der Waals surface area contributed by atoms with E-state index in [0.29, 0.717) is 24.5 Å². The second-order valence-corrected chi connectivity index (χ2v) is 9.26. The number of nitrogens with one attached hydrogen (secondary N) is 1. The maximum Gasteiger partial charge on any atom is 0.234 e. The molecule has 0 saturated carbocycles. The number of thioether (sulfide) groups is 1. The Kier molecular flexibility index (Phi) is 6.85. The minimum Gasteiger partial charge on any atom is -0.497 e. The molecule has 1 N–H and O–H groups in total. The summed E-state index contributed by atoms with van der Waals surface area (Å²) in [5.74, 6) is 2.20. The van der Waals surface area contributed by atoms with Gasteiger partial charge in [0.25, 0.3) is 0 Å². The molecule has 0 atom stereocenters. The van der Waals surface area contributed by atoms with Crippen molar-refractivity contribution in [3.8, 4) is 22.9 Å². The van der Waals surface area contributed by atoms with Gasteiger partial charge >= 0.3 is 0 Å². The molecular formula is C25H27N3O4S. The Labute approximate surface area is 197 Å². The van der Waals surface area contributed by atoms with Crippen molar-refractivity contribution in [2.75, 3.05) is 25.3 Å². The van der Waals surface area contributed by atoms with Crippen molar-refractivity contribution in [2.45, 2.75) is 37.5 Å². The third kappa shape index (κ3) is 5.64. The summed E-state index contributed by atoms with van der Waals surface area (Å²) in [4.78, 5) is 22.3. The largest absolute Gasteiger partial charge is 0.497 e. The molecule has 8 heteroatoms. The molecule has 0 spiro atoms. The van der Waals surface area contributed by atoms with Gasteiger partial charge in [0.15, 0.2) is 5.82 Å². The van der Waals surface area contributed by atoms with Crippen LogP contribution in [0.3, 0.4) is 0 Å². The average Bonchev–Trinajstić information content (AvgIpc) is 2.82.